The fourth-order valence-electron chi connectivity index (χ4n) is 4.93. The topological polar surface area (TPSA) is 143 Å². The minimum Gasteiger partial charge on any atom is -0.444 e. The van der Waals surface area contributed by atoms with Gasteiger partial charge in [0.15, 0.2) is 0 Å². The van der Waals surface area contributed by atoms with Crippen LogP contribution in [0, 0.1) is 0 Å². The summed E-state index contributed by atoms with van der Waals surface area (Å²) in [6.07, 6.45) is 3.61. The number of urea groups is 1. The van der Waals surface area contributed by atoms with E-state index in [1.165, 1.54) is 0 Å². The number of carbonyl (C=O) groups excluding carboxylic acids is 4. The first-order valence-corrected chi connectivity index (χ1v) is 12.3. The van der Waals surface area contributed by atoms with Gasteiger partial charge in [0.1, 0.15) is 5.60 Å². The van der Waals surface area contributed by atoms with Crippen LogP contribution in [0.1, 0.15) is 70.9 Å². The Morgan fingerprint density at radius 1 is 1.22 bits per heavy atom. The SMILES string of the molecule is Cn1nc(C2CCC(=O)NC2=O)c2ccc(NC(=O)NC3(CNC(=O)OC(C)(C)C)CCCC3)cc21. The van der Waals surface area contributed by atoms with Crippen LogP contribution < -0.4 is 21.3 Å². The zero-order chi connectivity index (χ0) is 26.1. The Morgan fingerprint density at radius 2 is 1.94 bits per heavy atom. The second kappa shape index (κ2) is 9.79. The van der Waals surface area contributed by atoms with E-state index < -0.39 is 23.2 Å². The summed E-state index contributed by atoms with van der Waals surface area (Å²) in [6.45, 7) is 5.69. The Labute approximate surface area is 209 Å². The van der Waals surface area contributed by atoms with Crippen molar-refractivity contribution in [3.63, 3.8) is 0 Å². The summed E-state index contributed by atoms with van der Waals surface area (Å²) >= 11 is 0. The molecule has 1 aromatic carbocycles. The molecule has 36 heavy (non-hydrogen) atoms. The van der Waals surface area contributed by atoms with Crippen molar-refractivity contribution < 1.29 is 23.9 Å². The van der Waals surface area contributed by atoms with Crippen LogP contribution in [0.3, 0.4) is 0 Å². The molecule has 194 valence electrons. The summed E-state index contributed by atoms with van der Waals surface area (Å²) in [5.74, 6) is -1.10. The number of nitrogens with zero attached hydrogens (tertiary/aromatic N) is 2. The third-order valence-corrected chi connectivity index (χ3v) is 6.62. The molecule has 11 nitrogen and oxygen atoms in total. The highest BCUT2D eigenvalue weighted by molar-refractivity contribution is 6.03. The van der Waals surface area contributed by atoms with Gasteiger partial charge in [0.05, 0.1) is 22.7 Å². The highest BCUT2D eigenvalue weighted by Crippen LogP contribution is 2.32. The molecule has 1 saturated heterocycles. The number of ether oxygens (including phenoxy) is 1. The number of nitrogens with one attached hydrogen (secondary N) is 4. The van der Waals surface area contributed by atoms with Crippen molar-refractivity contribution in [3.05, 3.63) is 23.9 Å². The van der Waals surface area contributed by atoms with Crippen LogP contribution in [0.5, 0.6) is 0 Å². The van der Waals surface area contributed by atoms with E-state index in [0.717, 1.165) is 36.6 Å². The second-order valence-corrected chi connectivity index (χ2v) is 10.7. The number of hydrogen-bond acceptors (Lipinski definition) is 6. The molecule has 11 heteroatoms. The molecule has 1 atom stereocenters. The molecule has 2 fully saturated rings. The second-order valence-electron chi connectivity index (χ2n) is 10.7. The summed E-state index contributed by atoms with van der Waals surface area (Å²) < 4.78 is 6.99. The number of fused-ring (bicyclic) bond motifs is 1. The Kier molecular flexibility index (Phi) is 6.92. The van der Waals surface area contributed by atoms with E-state index in [1.54, 1.807) is 44.6 Å². The van der Waals surface area contributed by atoms with Crippen molar-refractivity contribution in [2.45, 2.75) is 76.4 Å². The minimum absolute atomic E-state index is 0.268. The number of rotatable bonds is 5. The van der Waals surface area contributed by atoms with Crippen LogP contribution in [-0.4, -0.2) is 51.4 Å². The lowest BCUT2D eigenvalue weighted by Crippen LogP contribution is -2.55. The smallest absolute Gasteiger partial charge is 0.407 e. The van der Waals surface area contributed by atoms with Gasteiger partial charge < -0.3 is 20.7 Å². The van der Waals surface area contributed by atoms with Gasteiger partial charge >= 0.3 is 12.1 Å². The van der Waals surface area contributed by atoms with Crippen molar-refractivity contribution in [1.29, 1.82) is 0 Å². The average molecular weight is 499 g/mol. The van der Waals surface area contributed by atoms with Gasteiger partial charge in [0.2, 0.25) is 11.8 Å². The van der Waals surface area contributed by atoms with Crippen molar-refractivity contribution in [2.75, 3.05) is 11.9 Å². The maximum absolute atomic E-state index is 12.9. The summed E-state index contributed by atoms with van der Waals surface area (Å²) in [5.41, 5.74) is 0.809. The first-order chi connectivity index (χ1) is 16.9. The first kappa shape index (κ1) is 25.5. The molecule has 0 radical (unpaired) electrons. The number of aromatic nitrogens is 2. The number of anilines is 1. The predicted octanol–water partition coefficient (Wildman–Crippen LogP) is 3.05. The third kappa shape index (κ3) is 5.77. The molecule has 4 rings (SSSR count). The predicted molar refractivity (Wildman–Crippen MR) is 133 cm³/mol. The summed E-state index contributed by atoms with van der Waals surface area (Å²) in [5, 5.41) is 16.4. The van der Waals surface area contributed by atoms with Gasteiger partial charge in [-0.15, -0.1) is 0 Å². The van der Waals surface area contributed by atoms with Crippen molar-refractivity contribution in [2.24, 2.45) is 7.05 Å². The number of aryl methyl sites for hydroxylation is 1. The molecule has 0 spiro atoms. The molecule has 1 saturated carbocycles. The summed E-state index contributed by atoms with van der Waals surface area (Å²) in [4.78, 5) is 48.9. The molecule has 1 aromatic heterocycles. The van der Waals surface area contributed by atoms with Gasteiger partial charge in [-0.1, -0.05) is 12.8 Å². The summed E-state index contributed by atoms with van der Waals surface area (Å²) in [6, 6.07) is 5.03. The van der Waals surface area contributed by atoms with Crippen LogP contribution >= 0.6 is 0 Å². The average Bonchev–Trinajstić information content (AvgIpc) is 3.36. The van der Waals surface area contributed by atoms with Gasteiger partial charge in [-0.25, -0.2) is 9.59 Å². The van der Waals surface area contributed by atoms with E-state index in [-0.39, 0.29) is 30.8 Å². The fourth-order valence-corrected chi connectivity index (χ4v) is 4.93. The fraction of sp³-hybridized carbons (Fsp3) is 0.560. The van der Waals surface area contributed by atoms with E-state index in [0.29, 0.717) is 17.8 Å². The summed E-state index contributed by atoms with van der Waals surface area (Å²) in [7, 11) is 1.78. The molecular formula is C25H34N6O5. The standard InChI is InChI=1S/C25H34N6O5/c1-24(2,3)36-23(35)26-14-25(11-5-6-12-25)29-22(34)27-15-7-8-16-18(13-15)31(4)30-20(16)17-9-10-19(32)28-21(17)33/h7-8,13,17H,5-6,9-12,14H2,1-4H3,(H,26,35)(H2,27,29,34)(H,28,32,33). The van der Waals surface area contributed by atoms with Gasteiger partial charge in [-0.3, -0.25) is 19.6 Å². The van der Waals surface area contributed by atoms with E-state index in [1.807, 2.05) is 6.07 Å². The largest absolute Gasteiger partial charge is 0.444 e. The number of carbonyl (C=O) groups is 4. The molecule has 2 aliphatic rings. The van der Waals surface area contributed by atoms with Crippen LogP contribution in [-0.2, 0) is 21.4 Å². The maximum Gasteiger partial charge on any atom is 0.407 e. The Morgan fingerprint density at radius 3 is 2.61 bits per heavy atom. The van der Waals surface area contributed by atoms with Crippen LogP contribution in [0.2, 0.25) is 0 Å². The zero-order valence-electron chi connectivity index (χ0n) is 21.2. The Bertz CT molecular complexity index is 1190. The number of piperidine rings is 1. The van der Waals surface area contributed by atoms with E-state index >= 15 is 0 Å². The van der Waals surface area contributed by atoms with Crippen LogP contribution in [0.25, 0.3) is 10.9 Å². The van der Waals surface area contributed by atoms with Crippen molar-refractivity contribution >= 4 is 40.5 Å². The Hall–Kier alpha value is -3.63. The van der Waals surface area contributed by atoms with Gasteiger partial charge in [-0.05, 0) is 58.2 Å². The quantitative estimate of drug-likeness (QED) is 0.467. The highest BCUT2D eigenvalue weighted by Gasteiger charge is 2.36. The molecule has 4 N–H and O–H groups in total. The van der Waals surface area contributed by atoms with E-state index in [4.69, 9.17) is 4.74 Å². The van der Waals surface area contributed by atoms with Crippen molar-refractivity contribution in [1.82, 2.24) is 25.7 Å². The molecule has 5 amide bonds. The van der Waals surface area contributed by atoms with Crippen molar-refractivity contribution in [3.8, 4) is 0 Å². The lowest BCUT2D eigenvalue weighted by atomic mass is 9.93. The van der Waals surface area contributed by atoms with Gasteiger partial charge in [0.25, 0.3) is 0 Å². The lowest BCUT2D eigenvalue weighted by molar-refractivity contribution is -0.134. The Balaban J connectivity index is 1.44. The molecule has 2 aromatic rings. The molecule has 2 heterocycles. The van der Waals surface area contributed by atoms with E-state index in [9.17, 15) is 19.2 Å². The normalized spacial score (nSPS) is 19.6. The van der Waals surface area contributed by atoms with E-state index in [2.05, 4.69) is 26.4 Å². The molecule has 0 bridgehead atoms. The number of amides is 5. The minimum atomic E-state index is -0.597. The maximum atomic E-state index is 12.9. The number of benzene rings is 1. The number of imide groups is 1. The lowest BCUT2D eigenvalue weighted by Gasteiger charge is -2.31. The molecule has 1 aliphatic carbocycles. The van der Waals surface area contributed by atoms with Gasteiger partial charge in [0, 0.05) is 31.1 Å². The van der Waals surface area contributed by atoms with Crippen LogP contribution in [0.4, 0.5) is 15.3 Å². The highest BCUT2D eigenvalue weighted by atomic mass is 16.6. The van der Waals surface area contributed by atoms with Crippen LogP contribution in [0.15, 0.2) is 18.2 Å². The number of alkyl carbamates (subject to hydrolysis) is 1. The first-order valence-electron chi connectivity index (χ1n) is 12.3. The third-order valence-electron chi connectivity index (χ3n) is 6.62. The monoisotopic (exact) mass is 498 g/mol. The van der Waals surface area contributed by atoms with Gasteiger partial charge in [-0.2, -0.15) is 5.10 Å². The molecule has 1 aliphatic heterocycles. The molecule has 1 unspecified atom stereocenters. The zero-order valence-corrected chi connectivity index (χ0v) is 21.2. The number of hydrogen-bond donors (Lipinski definition) is 4. The molecular weight excluding hydrogens is 464 g/mol.